The second kappa shape index (κ2) is 5.32. The molecule has 19 heavy (non-hydrogen) atoms. The van der Waals surface area contributed by atoms with Crippen molar-refractivity contribution in [1.29, 1.82) is 0 Å². The first-order valence-corrected chi connectivity index (χ1v) is 7.74. The Labute approximate surface area is 118 Å². The molecular weight excluding hydrogens is 264 g/mol. The van der Waals surface area contributed by atoms with Crippen molar-refractivity contribution in [2.24, 2.45) is 0 Å². The van der Waals surface area contributed by atoms with Gasteiger partial charge in [-0.25, -0.2) is 4.79 Å². The summed E-state index contributed by atoms with van der Waals surface area (Å²) < 4.78 is -0.425. The highest BCUT2D eigenvalue weighted by molar-refractivity contribution is 8.01. The van der Waals surface area contributed by atoms with Crippen molar-refractivity contribution in [2.75, 3.05) is 6.54 Å². The van der Waals surface area contributed by atoms with E-state index in [1.54, 1.807) is 11.8 Å². The van der Waals surface area contributed by atoms with Crippen LogP contribution in [-0.4, -0.2) is 50.6 Å². The van der Waals surface area contributed by atoms with Crippen molar-refractivity contribution >= 4 is 23.6 Å². The van der Waals surface area contributed by atoms with E-state index < -0.39 is 16.8 Å². The number of carbonyl (C=O) groups is 2. The van der Waals surface area contributed by atoms with Crippen LogP contribution in [0.25, 0.3) is 0 Å². The molecule has 0 aliphatic carbocycles. The lowest BCUT2D eigenvalue weighted by Crippen LogP contribution is -2.70. The van der Waals surface area contributed by atoms with Gasteiger partial charge in [-0.05, 0) is 26.8 Å². The third-order valence-corrected chi connectivity index (χ3v) is 5.39. The summed E-state index contributed by atoms with van der Waals surface area (Å²) in [5.41, 5.74) is 0. The minimum atomic E-state index is -0.905. The van der Waals surface area contributed by atoms with Crippen molar-refractivity contribution < 1.29 is 14.7 Å². The zero-order valence-corrected chi connectivity index (χ0v) is 12.5. The minimum absolute atomic E-state index is 0.0229. The fourth-order valence-corrected chi connectivity index (χ4v) is 4.49. The van der Waals surface area contributed by atoms with Crippen molar-refractivity contribution in [1.82, 2.24) is 10.2 Å². The predicted molar refractivity (Wildman–Crippen MR) is 75.0 cm³/mol. The lowest BCUT2D eigenvalue weighted by atomic mass is 9.96. The van der Waals surface area contributed by atoms with E-state index in [2.05, 4.69) is 12.2 Å². The van der Waals surface area contributed by atoms with Crippen LogP contribution in [0, 0.1) is 0 Å². The van der Waals surface area contributed by atoms with Crippen LogP contribution in [0.4, 0.5) is 0 Å². The normalized spacial score (nSPS) is 32.1. The van der Waals surface area contributed by atoms with Gasteiger partial charge in [0.2, 0.25) is 5.91 Å². The number of thioether (sulfide) groups is 1. The van der Waals surface area contributed by atoms with E-state index >= 15 is 0 Å². The molecule has 0 saturated carbocycles. The summed E-state index contributed by atoms with van der Waals surface area (Å²) in [6.45, 7) is 6.77. The average Bonchev–Trinajstić information content (AvgIpc) is 2.58. The molecule has 2 heterocycles. The fourth-order valence-electron chi connectivity index (χ4n) is 2.83. The number of carbonyl (C=O) groups excluding carboxylic acids is 1. The number of unbranched alkanes of at least 4 members (excludes halogenated alkanes) is 2. The zero-order valence-electron chi connectivity index (χ0n) is 11.7. The molecule has 0 bridgehead atoms. The van der Waals surface area contributed by atoms with Crippen LogP contribution in [0.2, 0.25) is 0 Å². The van der Waals surface area contributed by atoms with Crippen LogP contribution in [-0.2, 0) is 9.59 Å². The Kier molecular flexibility index (Phi) is 4.11. The first kappa shape index (κ1) is 14.7. The van der Waals surface area contributed by atoms with Crippen molar-refractivity contribution in [3.8, 4) is 0 Å². The van der Waals surface area contributed by atoms with E-state index in [-0.39, 0.29) is 17.3 Å². The van der Waals surface area contributed by atoms with Gasteiger partial charge < -0.3 is 15.3 Å². The minimum Gasteiger partial charge on any atom is -0.480 e. The molecule has 2 rings (SSSR count). The SMILES string of the molecule is CCCCCNC1C(=O)N2C(C(=O)O)C(C)(C)S[C@@H]12. The van der Waals surface area contributed by atoms with Crippen LogP contribution >= 0.6 is 11.8 Å². The highest BCUT2D eigenvalue weighted by atomic mass is 32.2. The monoisotopic (exact) mass is 286 g/mol. The Bertz CT molecular complexity index is 386. The molecule has 3 atom stereocenters. The van der Waals surface area contributed by atoms with Gasteiger partial charge >= 0.3 is 5.97 Å². The number of carboxylic acids is 1. The van der Waals surface area contributed by atoms with E-state index in [1.807, 2.05) is 13.8 Å². The number of hydrogen-bond acceptors (Lipinski definition) is 4. The Morgan fingerprint density at radius 2 is 2.16 bits per heavy atom. The first-order valence-electron chi connectivity index (χ1n) is 6.86. The Morgan fingerprint density at radius 3 is 2.74 bits per heavy atom. The summed E-state index contributed by atoms with van der Waals surface area (Å²) in [4.78, 5) is 25.0. The van der Waals surface area contributed by atoms with Gasteiger partial charge in [-0.3, -0.25) is 4.79 Å². The second-order valence-corrected chi connectivity index (χ2v) is 7.51. The molecule has 6 heteroatoms. The number of aliphatic carboxylic acids is 1. The maximum Gasteiger partial charge on any atom is 0.327 e. The lowest BCUT2D eigenvalue weighted by molar-refractivity contribution is -0.160. The summed E-state index contributed by atoms with van der Waals surface area (Å²) in [6.07, 6.45) is 3.36. The van der Waals surface area contributed by atoms with Gasteiger partial charge in [0.1, 0.15) is 17.5 Å². The zero-order chi connectivity index (χ0) is 14.2. The molecular formula is C13H22N2O3S. The predicted octanol–water partition coefficient (Wildman–Crippen LogP) is 1.28. The molecule has 0 spiro atoms. The third-order valence-electron chi connectivity index (χ3n) is 3.82. The highest BCUT2D eigenvalue weighted by Crippen LogP contribution is 2.50. The summed E-state index contributed by atoms with van der Waals surface area (Å²) in [5, 5.41) is 12.5. The molecule has 2 N–H and O–H groups in total. The number of nitrogens with zero attached hydrogens (tertiary/aromatic N) is 1. The lowest BCUT2D eigenvalue weighted by Gasteiger charge is -2.43. The summed E-state index contributed by atoms with van der Waals surface area (Å²) in [5.74, 6) is -0.968. The number of nitrogens with one attached hydrogen (secondary N) is 1. The van der Waals surface area contributed by atoms with Gasteiger partial charge in [0.15, 0.2) is 0 Å². The maximum absolute atomic E-state index is 12.1. The van der Waals surface area contributed by atoms with E-state index in [1.165, 1.54) is 4.90 Å². The number of β-lactam (4-membered cyclic amide) rings is 1. The molecule has 0 aromatic heterocycles. The van der Waals surface area contributed by atoms with Crippen molar-refractivity contribution in [3.05, 3.63) is 0 Å². The first-order chi connectivity index (χ1) is 8.90. The van der Waals surface area contributed by atoms with Crippen LogP contribution in [0.3, 0.4) is 0 Å². The molecule has 0 aromatic carbocycles. The fraction of sp³-hybridized carbons (Fsp3) is 0.846. The van der Waals surface area contributed by atoms with Crippen molar-refractivity contribution in [3.63, 3.8) is 0 Å². The van der Waals surface area contributed by atoms with Crippen LogP contribution < -0.4 is 5.32 Å². The molecule has 2 aliphatic heterocycles. The topological polar surface area (TPSA) is 69.6 Å². The number of rotatable bonds is 6. The second-order valence-electron chi connectivity index (χ2n) is 5.74. The largest absolute Gasteiger partial charge is 0.480 e. The van der Waals surface area contributed by atoms with Crippen molar-refractivity contribution in [2.45, 2.75) is 62.2 Å². The smallest absolute Gasteiger partial charge is 0.327 e. The van der Waals surface area contributed by atoms with Gasteiger partial charge in [0.05, 0.1) is 0 Å². The van der Waals surface area contributed by atoms with Gasteiger partial charge in [0, 0.05) is 4.75 Å². The highest BCUT2D eigenvalue weighted by Gasteiger charge is 2.63. The van der Waals surface area contributed by atoms with Gasteiger partial charge in [0.25, 0.3) is 0 Å². The molecule has 2 saturated heterocycles. The van der Waals surface area contributed by atoms with Gasteiger partial charge in [-0.2, -0.15) is 0 Å². The maximum atomic E-state index is 12.1. The summed E-state index contributed by atoms with van der Waals surface area (Å²) >= 11 is 1.59. The Hall–Kier alpha value is -0.750. The van der Waals surface area contributed by atoms with E-state index in [0.29, 0.717) is 0 Å². The quantitative estimate of drug-likeness (QED) is 0.568. The molecule has 0 radical (unpaired) electrons. The number of fused-ring (bicyclic) bond motifs is 1. The number of carboxylic acid groups (broad SMARTS) is 1. The molecule has 0 aromatic rings. The van der Waals surface area contributed by atoms with E-state index in [0.717, 1.165) is 25.8 Å². The standard InChI is InChI=1S/C13H22N2O3S/c1-4-5-6-7-14-8-10(16)15-9(12(17)18)13(2,3)19-11(8)15/h8-9,11,14H,4-7H2,1-3H3,(H,17,18)/t8?,9?,11-/m0/s1. The molecule has 108 valence electrons. The molecule has 5 nitrogen and oxygen atoms in total. The third kappa shape index (κ3) is 2.48. The van der Waals surface area contributed by atoms with Gasteiger partial charge in [-0.1, -0.05) is 19.8 Å². The van der Waals surface area contributed by atoms with Crippen LogP contribution in [0.5, 0.6) is 0 Å². The molecule has 1 amide bonds. The Morgan fingerprint density at radius 1 is 1.47 bits per heavy atom. The molecule has 2 fully saturated rings. The molecule has 2 aliphatic rings. The Balaban J connectivity index is 1.96. The van der Waals surface area contributed by atoms with Crippen LogP contribution in [0.15, 0.2) is 0 Å². The summed E-state index contributed by atoms with van der Waals surface area (Å²) in [6, 6.07) is -0.908. The number of hydrogen-bond donors (Lipinski definition) is 2. The van der Waals surface area contributed by atoms with Crippen LogP contribution in [0.1, 0.15) is 40.0 Å². The molecule has 2 unspecified atom stereocenters. The van der Waals surface area contributed by atoms with E-state index in [4.69, 9.17) is 0 Å². The number of amides is 1. The van der Waals surface area contributed by atoms with E-state index in [9.17, 15) is 14.7 Å². The van der Waals surface area contributed by atoms with Gasteiger partial charge in [-0.15, -0.1) is 11.8 Å². The average molecular weight is 286 g/mol. The summed E-state index contributed by atoms with van der Waals surface area (Å²) in [7, 11) is 0.